The molecule has 4 atom stereocenters. The molecule has 0 radical (unpaired) electrons. The Morgan fingerprint density at radius 2 is 1.48 bits per heavy atom. The van der Waals surface area contributed by atoms with Crippen LogP contribution in [0.4, 0.5) is 8.78 Å². The summed E-state index contributed by atoms with van der Waals surface area (Å²) in [6.45, 7) is 15.3. The minimum atomic E-state index is -1.73. The average molecular weight is 979 g/mol. The topological polar surface area (TPSA) is 155 Å². The SMILES string of the molecule is CC(C)(C)CC1NC(C(=O)NCCOCCOCCOc2ccc(C(=O)N[C@H]3C(C)(C)[C@H](Oc4ccc(C#N)c(Cl)c4)C3(C)C)cc2)[C@@H](c2cccc(Cl)c2F)[C@@]1(C#N)c1ccc(Cl)cc1F. The predicted molar refractivity (Wildman–Crippen MR) is 254 cm³/mol. The van der Waals surface area contributed by atoms with Crippen LogP contribution in [0.1, 0.15) is 87.9 Å². The number of carbonyl (C=O) groups is 2. The van der Waals surface area contributed by atoms with Gasteiger partial charge in [-0.3, -0.25) is 9.59 Å². The van der Waals surface area contributed by atoms with Crippen molar-refractivity contribution in [2.24, 2.45) is 16.2 Å². The quantitative estimate of drug-likeness (QED) is 0.0827. The summed E-state index contributed by atoms with van der Waals surface area (Å²) in [5.41, 5.74) is -2.05. The Morgan fingerprint density at radius 1 is 0.821 bits per heavy atom. The lowest BCUT2D eigenvalue weighted by Gasteiger charge is -2.63. The number of halogens is 5. The summed E-state index contributed by atoms with van der Waals surface area (Å²) in [5, 5.41) is 29.8. The summed E-state index contributed by atoms with van der Waals surface area (Å²) >= 11 is 18.6. The first-order valence-electron chi connectivity index (χ1n) is 22.1. The van der Waals surface area contributed by atoms with E-state index in [2.05, 4.69) is 22.0 Å². The molecule has 1 heterocycles. The molecule has 11 nitrogen and oxygen atoms in total. The third-order valence-corrected chi connectivity index (χ3v) is 13.5. The van der Waals surface area contributed by atoms with E-state index in [1.54, 1.807) is 42.5 Å². The second kappa shape index (κ2) is 21.1. The molecule has 1 saturated carbocycles. The standard InChI is InChI=1S/C51H56Cl3F2N5O6/c1-48(2,3)27-40-51(29-58,36-18-14-32(52)25-39(36)55)41(35-9-8-10-37(53)42(35)56)43(60-40)45(63)59-19-20-64-21-22-65-23-24-66-33-15-11-30(12-16-33)44(62)61-46-49(4,5)47(50(46,6)7)67-34-17-13-31(28-57)38(54)26-34/h8-18,25-26,40-41,43,46-47,60H,19-24,27H2,1-7H3,(H,59,63)(H,61,62)/t40?,41-,43?,46-,47-,51+/m1/s1. The molecule has 0 bridgehead atoms. The number of hydrogen-bond acceptors (Lipinski definition) is 9. The molecule has 0 aromatic heterocycles. The van der Waals surface area contributed by atoms with Crippen LogP contribution in [0.15, 0.2) is 78.9 Å². The van der Waals surface area contributed by atoms with Gasteiger partial charge in [-0.15, -0.1) is 0 Å². The number of nitrogens with one attached hydrogen (secondary N) is 3. The third-order valence-electron chi connectivity index (χ3n) is 12.7. The van der Waals surface area contributed by atoms with E-state index < -0.39 is 51.8 Å². The average Bonchev–Trinajstić information content (AvgIpc) is 3.58. The van der Waals surface area contributed by atoms with E-state index in [4.69, 9.17) is 53.8 Å². The molecular formula is C51H56Cl3F2N5O6. The van der Waals surface area contributed by atoms with E-state index >= 15 is 8.78 Å². The Balaban J connectivity index is 0.948. The molecule has 2 fully saturated rings. The minimum absolute atomic E-state index is 0.00108. The van der Waals surface area contributed by atoms with Crippen molar-refractivity contribution < 1.29 is 37.3 Å². The molecule has 4 aromatic rings. The molecule has 356 valence electrons. The minimum Gasteiger partial charge on any atom is -0.491 e. The van der Waals surface area contributed by atoms with E-state index in [1.807, 2.05) is 54.5 Å². The summed E-state index contributed by atoms with van der Waals surface area (Å²) in [6, 6.07) is 22.5. The van der Waals surface area contributed by atoms with Gasteiger partial charge < -0.3 is 34.9 Å². The van der Waals surface area contributed by atoms with Crippen molar-refractivity contribution in [3.8, 4) is 23.6 Å². The van der Waals surface area contributed by atoms with Gasteiger partial charge in [0.1, 0.15) is 47.3 Å². The number of nitrogens with zero attached hydrogens (tertiary/aromatic N) is 2. The second-order valence-electron chi connectivity index (χ2n) is 19.4. The molecule has 2 aliphatic rings. The molecule has 6 rings (SSSR count). The molecule has 16 heteroatoms. The van der Waals surface area contributed by atoms with Gasteiger partial charge in [-0.25, -0.2) is 8.78 Å². The number of hydrogen-bond donors (Lipinski definition) is 3. The zero-order valence-electron chi connectivity index (χ0n) is 38.6. The Morgan fingerprint density at radius 3 is 2.10 bits per heavy atom. The number of amides is 2. The van der Waals surface area contributed by atoms with Crippen molar-refractivity contribution in [2.45, 2.75) is 90.4 Å². The largest absolute Gasteiger partial charge is 0.491 e. The van der Waals surface area contributed by atoms with Gasteiger partial charge in [-0.1, -0.05) is 101 Å². The lowest BCUT2D eigenvalue weighted by Crippen LogP contribution is -2.74. The van der Waals surface area contributed by atoms with E-state index in [9.17, 15) is 20.1 Å². The van der Waals surface area contributed by atoms with Crippen molar-refractivity contribution in [1.82, 2.24) is 16.0 Å². The van der Waals surface area contributed by atoms with Gasteiger partial charge in [-0.2, -0.15) is 10.5 Å². The number of benzene rings is 4. The second-order valence-corrected chi connectivity index (χ2v) is 20.6. The summed E-state index contributed by atoms with van der Waals surface area (Å²) < 4.78 is 55.3. The molecule has 1 aliphatic heterocycles. The summed E-state index contributed by atoms with van der Waals surface area (Å²) in [5.74, 6) is -2.31. The first-order chi connectivity index (χ1) is 31.6. The Kier molecular flexibility index (Phi) is 16.2. The molecule has 1 saturated heterocycles. The van der Waals surface area contributed by atoms with Gasteiger partial charge in [0.25, 0.3) is 5.91 Å². The van der Waals surface area contributed by atoms with Gasteiger partial charge in [0.15, 0.2) is 0 Å². The Bertz CT molecular complexity index is 2510. The van der Waals surface area contributed by atoms with Crippen molar-refractivity contribution in [3.63, 3.8) is 0 Å². The lowest BCUT2D eigenvalue weighted by molar-refractivity contribution is -0.164. The highest BCUT2D eigenvalue weighted by molar-refractivity contribution is 6.32. The highest BCUT2D eigenvalue weighted by Crippen LogP contribution is 2.56. The fourth-order valence-electron chi connectivity index (χ4n) is 9.97. The number of carbonyl (C=O) groups excluding carboxylic acids is 2. The summed E-state index contributed by atoms with van der Waals surface area (Å²) in [6.07, 6.45) is 0.119. The Hall–Kier alpha value is -4.99. The number of nitriles is 2. The molecule has 2 unspecified atom stereocenters. The van der Waals surface area contributed by atoms with Gasteiger partial charge >= 0.3 is 0 Å². The van der Waals surface area contributed by atoms with Crippen LogP contribution in [0, 0.1) is 50.5 Å². The highest BCUT2D eigenvalue weighted by Gasteiger charge is 2.64. The van der Waals surface area contributed by atoms with Crippen LogP contribution in [-0.4, -0.2) is 75.6 Å². The van der Waals surface area contributed by atoms with E-state index in [0.717, 1.165) is 6.07 Å². The van der Waals surface area contributed by atoms with E-state index in [1.165, 1.54) is 30.3 Å². The number of rotatable bonds is 18. The molecule has 4 aromatic carbocycles. The highest BCUT2D eigenvalue weighted by atomic mass is 35.5. The maximum atomic E-state index is 15.9. The van der Waals surface area contributed by atoms with Gasteiger partial charge in [-0.05, 0) is 72.0 Å². The van der Waals surface area contributed by atoms with Crippen LogP contribution in [0.2, 0.25) is 15.1 Å². The van der Waals surface area contributed by atoms with Crippen molar-refractivity contribution in [2.75, 3.05) is 39.6 Å². The zero-order chi connectivity index (χ0) is 48.9. The van der Waals surface area contributed by atoms with Crippen LogP contribution in [0.3, 0.4) is 0 Å². The Labute approximate surface area is 406 Å². The van der Waals surface area contributed by atoms with Crippen LogP contribution < -0.4 is 25.4 Å². The fraction of sp³-hybridized carbons (Fsp3) is 0.451. The van der Waals surface area contributed by atoms with Gasteiger partial charge in [0, 0.05) is 57.6 Å². The van der Waals surface area contributed by atoms with E-state index in [-0.39, 0.29) is 84.2 Å². The zero-order valence-corrected chi connectivity index (χ0v) is 40.8. The van der Waals surface area contributed by atoms with Crippen molar-refractivity contribution >= 4 is 46.6 Å². The first-order valence-corrected chi connectivity index (χ1v) is 23.2. The maximum Gasteiger partial charge on any atom is 0.251 e. The smallest absolute Gasteiger partial charge is 0.251 e. The van der Waals surface area contributed by atoms with Crippen LogP contribution in [-0.2, 0) is 19.7 Å². The number of ether oxygens (including phenoxy) is 4. The van der Waals surface area contributed by atoms with Crippen LogP contribution >= 0.6 is 34.8 Å². The van der Waals surface area contributed by atoms with Crippen molar-refractivity contribution in [1.29, 1.82) is 10.5 Å². The summed E-state index contributed by atoms with van der Waals surface area (Å²) in [4.78, 5) is 27.3. The van der Waals surface area contributed by atoms with Crippen molar-refractivity contribution in [3.05, 3.63) is 128 Å². The lowest BCUT2D eigenvalue weighted by atomic mass is 9.49. The molecule has 0 spiro atoms. The molecular weight excluding hydrogens is 923 g/mol. The molecule has 2 amide bonds. The maximum absolute atomic E-state index is 15.9. The van der Waals surface area contributed by atoms with Crippen LogP contribution in [0.5, 0.6) is 11.5 Å². The monoisotopic (exact) mass is 977 g/mol. The molecule has 3 N–H and O–H groups in total. The summed E-state index contributed by atoms with van der Waals surface area (Å²) in [7, 11) is 0. The molecule has 67 heavy (non-hydrogen) atoms. The molecule has 1 aliphatic carbocycles. The van der Waals surface area contributed by atoms with Gasteiger partial charge in [0.2, 0.25) is 5.91 Å². The normalized spacial score (nSPS) is 22.7. The third kappa shape index (κ3) is 11.2. The van der Waals surface area contributed by atoms with Gasteiger partial charge in [0.05, 0.1) is 54.1 Å². The van der Waals surface area contributed by atoms with Crippen LogP contribution in [0.25, 0.3) is 0 Å². The van der Waals surface area contributed by atoms with E-state index in [0.29, 0.717) is 34.1 Å². The predicted octanol–water partition coefficient (Wildman–Crippen LogP) is 9.96. The first kappa shape index (κ1) is 51.4. The fourth-order valence-corrected chi connectivity index (χ4v) is 10.5.